The standard InChI is InChI=1S/C15H16N/c1-3-12-8-13(4-2)10-15(9-12)14-6-5-7-16-11-14/h5-7,9-11H,3-4H2,1-2H3. The van der Waals surface area contributed by atoms with Crippen LogP contribution in [-0.2, 0) is 12.8 Å². The van der Waals surface area contributed by atoms with Crippen LogP contribution in [0.15, 0.2) is 36.7 Å². The third kappa shape index (κ3) is 2.30. The normalized spacial score (nSPS) is 10.4. The molecule has 0 saturated carbocycles. The summed E-state index contributed by atoms with van der Waals surface area (Å²) in [5.41, 5.74) is 4.98. The lowest BCUT2D eigenvalue weighted by Crippen LogP contribution is -1.89. The summed E-state index contributed by atoms with van der Waals surface area (Å²) in [7, 11) is 0. The molecule has 1 nitrogen and oxygen atoms in total. The van der Waals surface area contributed by atoms with Gasteiger partial charge in [-0.2, -0.15) is 0 Å². The molecule has 16 heavy (non-hydrogen) atoms. The Balaban J connectivity index is 2.48. The van der Waals surface area contributed by atoms with E-state index in [4.69, 9.17) is 0 Å². The van der Waals surface area contributed by atoms with Gasteiger partial charge in [0.15, 0.2) is 0 Å². The maximum absolute atomic E-state index is 4.16. The molecule has 1 heterocycles. The van der Waals surface area contributed by atoms with Gasteiger partial charge in [-0.15, -0.1) is 0 Å². The van der Waals surface area contributed by atoms with Crippen molar-refractivity contribution in [3.8, 4) is 11.1 Å². The quantitative estimate of drug-likeness (QED) is 0.753. The van der Waals surface area contributed by atoms with Gasteiger partial charge in [0.25, 0.3) is 0 Å². The Morgan fingerprint density at radius 3 is 2.25 bits per heavy atom. The van der Waals surface area contributed by atoms with E-state index < -0.39 is 0 Å². The van der Waals surface area contributed by atoms with Gasteiger partial charge in [0.05, 0.1) is 0 Å². The number of pyridine rings is 1. The minimum absolute atomic E-state index is 1.03. The zero-order valence-corrected chi connectivity index (χ0v) is 9.83. The molecule has 2 aromatic rings. The first kappa shape index (κ1) is 10.9. The van der Waals surface area contributed by atoms with Crippen LogP contribution < -0.4 is 0 Å². The lowest BCUT2D eigenvalue weighted by atomic mass is 9.99. The zero-order valence-electron chi connectivity index (χ0n) is 9.83. The minimum Gasteiger partial charge on any atom is -0.264 e. The van der Waals surface area contributed by atoms with Crippen molar-refractivity contribution in [1.29, 1.82) is 0 Å². The molecule has 1 radical (unpaired) electrons. The topological polar surface area (TPSA) is 12.9 Å². The van der Waals surface area contributed by atoms with E-state index in [1.807, 2.05) is 12.3 Å². The fraction of sp³-hybridized carbons (Fsp3) is 0.267. The van der Waals surface area contributed by atoms with Crippen LogP contribution in [0.5, 0.6) is 0 Å². The van der Waals surface area contributed by atoms with E-state index in [-0.39, 0.29) is 0 Å². The molecule has 1 aromatic carbocycles. The summed E-state index contributed by atoms with van der Waals surface area (Å²) in [6.07, 6.45) is 5.77. The highest BCUT2D eigenvalue weighted by Crippen LogP contribution is 2.21. The first-order chi connectivity index (χ1) is 7.83. The maximum atomic E-state index is 4.16. The SMILES string of the molecule is CCc1[c]c(CC)cc(-c2cccnc2)c1. The third-order valence-corrected chi connectivity index (χ3v) is 2.74. The van der Waals surface area contributed by atoms with Gasteiger partial charge >= 0.3 is 0 Å². The van der Waals surface area contributed by atoms with E-state index in [2.05, 4.69) is 43.1 Å². The van der Waals surface area contributed by atoms with Crippen molar-refractivity contribution < 1.29 is 0 Å². The lowest BCUT2D eigenvalue weighted by Gasteiger charge is -2.06. The van der Waals surface area contributed by atoms with E-state index in [9.17, 15) is 0 Å². The molecule has 0 aliphatic carbocycles. The molecular weight excluding hydrogens is 194 g/mol. The Labute approximate surface area is 97.2 Å². The molecule has 0 amide bonds. The summed E-state index contributed by atoms with van der Waals surface area (Å²) in [4.78, 5) is 4.16. The van der Waals surface area contributed by atoms with Crippen molar-refractivity contribution in [1.82, 2.24) is 4.98 Å². The molecule has 0 spiro atoms. The molecule has 1 heteroatoms. The fourth-order valence-electron chi connectivity index (χ4n) is 1.78. The molecule has 81 valence electrons. The second-order valence-corrected chi connectivity index (χ2v) is 3.87. The average Bonchev–Trinajstić information content (AvgIpc) is 2.39. The summed E-state index contributed by atoms with van der Waals surface area (Å²) in [5.74, 6) is 0. The largest absolute Gasteiger partial charge is 0.264 e. The molecule has 0 N–H and O–H groups in total. The number of nitrogens with zero attached hydrogens (tertiary/aromatic N) is 1. The summed E-state index contributed by atoms with van der Waals surface area (Å²) in [6.45, 7) is 4.33. The second-order valence-electron chi connectivity index (χ2n) is 3.87. The zero-order chi connectivity index (χ0) is 11.4. The van der Waals surface area contributed by atoms with Crippen molar-refractivity contribution in [2.24, 2.45) is 0 Å². The average molecular weight is 210 g/mol. The molecule has 0 atom stereocenters. The first-order valence-corrected chi connectivity index (χ1v) is 5.79. The van der Waals surface area contributed by atoms with Crippen LogP contribution in [0.1, 0.15) is 25.0 Å². The third-order valence-electron chi connectivity index (χ3n) is 2.74. The predicted octanol–water partition coefficient (Wildman–Crippen LogP) is 3.67. The van der Waals surface area contributed by atoms with Crippen LogP contribution in [0.25, 0.3) is 11.1 Å². The van der Waals surface area contributed by atoms with Crippen molar-refractivity contribution in [3.05, 3.63) is 53.9 Å². The summed E-state index contributed by atoms with van der Waals surface area (Å²) < 4.78 is 0. The number of benzene rings is 1. The molecule has 0 aliphatic heterocycles. The maximum Gasteiger partial charge on any atom is 0.0346 e. The summed E-state index contributed by atoms with van der Waals surface area (Å²) >= 11 is 0. The van der Waals surface area contributed by atoms with Gasteiger partial charge < -0.3 is 0 Å². The molecule has 0 aliphatic rings. The van der Waals surface area contributed by atoms with Gasteiger partial charge in [0, 0.05) is 18.0 Å². The summed E-state index contributed by atoms with van der Waals surface area (Å²) in [6, 6.07) is 11.9. The Morgan fingerprint density at radius 1 is 1.06 bits per heavy atom. The van der Waals surface area contributed by atoms with Gasteiger partial charge in [-0.3, -0.25) is 4.98 Å². The van der Waals surface area contributed by atoms with Crippen LogP contribution in [0.2, 0.25) is 0 Å². The Kier molecular flexibility index (Phi) is 3.35. The fourth-order valence-corrected chi connectivity index (χ4v) is 1.78. The number of hydrogen-bond donors (Lipinski definition) is 0. The number of aryl methyl sites for hydroxylation is 2. The van der Waals surface area contributed by atoms with E-state index in [0.29, 0.717) is 0 Å². The van der Waals surface area contributed by atoms with Crippen LogP contribution in [0.3, 0.4) is 0 Å². The Morgan fingerprint density at radius 2 is 1.75 bits per heavy atom. The van der Waals surface area contributed by atoms with Crippen LogP contribution in [0, 0.1) is 6.07 Å². The van der Waals surface area contributed by atoms with Crippen molar-refractivity contribution >= 4 is 0 Å². The monoisotopic (exact) mass is 210 g/mol. The number of rotatable bonds is 3. The van der Waals surface area contributed by atoms with Crippen molar-refractivity contribution in [2.75, 3.05) is 0 Å². The molecule has 1 aromatic heterocycles. The highest BCUT2D eigenvalue weighted by Gasteiger charge is 2.02. The van der Waals surface area contributed by atoms with E-state index >= 15 is 0 Å². The second kappa shape index (κ2) is 4.93. The van der Waals surface area contributed by atoms with Gasteiger partial charge in [0.2, 0.25) is 0 Å². The molecule has 0 saturated heterocycles. The van der Waals surface area contributed by atoms with E-state index in [1.54, 1.807) is 6.20 Å². The van der Waals surface area contributed by atoms with Crippen LogP contribution in [-0.4, -0.2) is 4.98 Å². The highest BCUT2D eigenvalue weighted by atomic mass is 14.6. The summed E-state index contributed by atoms with van der Waals surface area (Å²) in [5, 5.41) is 0. The van der Waals surface area contributed by atoms with E-state index in [1.165, 1.54) is 22.3 Å². The number of aromatic nitrogens is 1. The molecular formula is C15H16N. The molecule has 2 rings (SSSR count). The predicted molar refractivity (Wildman–Crippen MR) is 67.3 cm³/mol. The lowest BCUT2D eigenvalue weighted by molar-refractivity contribution is 1.08. The number of hydrogen-bond acceptors (Lipinski definition) is 1. The minimum atomic E-state index is 1.03. The van der Waals surface area contributed by atoms with Crippen LogP contribution >= 0.6 is 0 Å². The van der Waals surface area contributed by atoms with Gasteiger partial charge in [-0.1, -0.05) is 32.0 Å². The molecule has 0 bridgehead atoms. The van der Waals surface area contributed by atoms with Crippen molar-refractivity contribution in [3.63, 3.8) is 0 Å². The molecule has 0 fully saturated rings. The van der Waals surface area contributed by atoms with Gasteiger partial charge in [-0.05, 0) is 41.7 Å². The van der Waals surface area contributed by atoms with E-state index in [0.717, 1.165) is 12.8 Å². The van der Waals surface area contributed by atoms with Gasteiger partial charge in [-0.25, -0.2) is 0 Å². The molecule has 0 unspecified atom stereocenters. The highest BCUT2D eigenvalue weighted by molar-refractivity contribution is 5.64. The smallest absolute Gasteiger partial charge is 0.0346 e. The van der Waals surface area contributed by atoms with Gasteiger partial charge in [0.1, 0.15) is 0 Å². The van der Waals surface area contributed by atoms with Crippen LogP contribution in [0.4, 0.5) is 0 Å². The van der Waals surface area contributed by atoms with Crippen molar-refractivity contribution in [2.45, 2.75) is 26.7 Å². The Hall–Kier alpha value is -1.63. The Bertz CT molecular complexity index is 438. The first-order valence-electron chi connectivity index (χ1n) is 5.79.